The van der Waals surface area contributed by atoms with Crippen molar-refractivity contribution in [3.8, 4) is 17.2 Å². The second-order valence-corrected chi connectivity index (χ2v) is 10.8. The van der Waals surface area contributed by atoms with Crippen LogP contribution in [0, 0.1) is 0 Å². The lowest BCUT2D eigenvalue weighted by atomic mass is 9.70. The van der Waals surface area contributed by atoms with Gasteiger partial charge in [0.1, 0.15) is 18.1 Å². The highest BCUT2D eigenvalue weighted by Gasteiger charge is 2.47. The first kappa shape index (κ1) is 25.5. The number of pyridine rings is 1. The minimum atomic E-state index is -0.657. The minimum absolute atomic E-state index is 0.178. The Bertz CT molecular complexity index is 1800. The summed E-state index contributed by atoms with van der Waals surface area (Å²) in [6.07, 6.45) is 2.51. The summed E-state index contributed by atoms with van der Waals surface area (Å²) in [4.78, 5) is 7.27. The maximum Gasteiger partial charge on any atom is 0.217 e. The third-order valence-electron chi connectivity index (χ3n) is 8.37. The molecule has 1 saturated heterocycles. The number of nitrogens with zero attached hydrogens (tertiary/aromatic N) is 2. The fourth-order valence-corrected chi connectivity index (χ4v) is 6.40. The van der Waals surface area contributed by atoms with Crippen LogP contribution in [-0.4, -0.2) is 37.3 Å². The Morgan fingerprint density at radius 3 is 2.46 bits per heavy atom. The van der Waals surface area contributed by atoms with Gasteiger partial charge in [0, 0.05) is 29.0 Å². The van der Waals surface area contributed by atoms with E-state index in [-0.39, 0.29) is 5.92 Å². The second-order valence-electron chi connectivity index (χ2n) is 10.8. The molecule has 5 nitrogen and oxygen atoms in total. The zero-order chi connectivity index (χ0) is 27.8. The highest BCUT2D eigenvalue weighted by molar-refractivity contribution is 5.88. The first-order chi connectivity index (χ1) is 20.2. The van der Waals surface area contributed by atoms with Crippen molar-refractivity contribution in [3.05, 3.63) is 132 Å². The molecule has 5 heteroatoms. The zero-order valence-electron chi connectivity index (χ0n) is 23.3. The Labute approximate surface area is 240 Å². The molecule has 0 radical (unpaired) electrons. The fourth-order valence-electron chi connectivity index (χ4n) is 6.40. The van der Waals surface area contributed by atoms with Gasteiger partial charge in [-0.15, -0.1) is 0 Å². The van der Waals surface area contributed by atoms with E-state index in [9.17, 15) is 0 Å². The Morgan fingerprint density at radius 1 is 0.854 bits per heavy atom. The van der Waals surface area contributed by atoms with Crippen molar-refractivity contribution in [1.82, 2.24) is 9.88 Å². The van der Waals surface area contributed by atoms with E-state index >= 15 is 0 Å². The molecule has 41 heavy (non-hydrogen) atoms. The number of hydrogen-bond donors (Lipinski definition) is 0. The largest absolute Gasteiger partial charge is 0.481 e. The normalized spacial score (nSPS) is 18.5. The number of methoxy groups -OCH3 is 1. The SMILES string of the molecule is COc1nc2ccc(-c3ccco3)cc2cc1[C@@H](c1ccccc1)[C@@]1(c2cccc3ccccc23)CCN(C)CO1. The van der Waals surface area contributed by atoms with Crippen molar-refractivity contribution >= 4 is 21.7 Å². The minimum Gasteiger partial charge on any atom is -0.481 e. The highest BCUT2D eigenvalue weighted by atomic mass is 16.5. The van der Waals surface area contributed by atoms with Crippen molar-refractivity contribution < 1.29 is 13.9 Å². The molecule has 0 amide bonds. The van der Waals surface area contributed by atoms with E-state index < -0.39 is 5.60 Å². The average Bonchev–Trinajstić information content (AvgIpc) is 3.57. The molecule has 0 spiro atoms. The van der Waals surface area contributed by atoms with Gasteiger partial charge in [0.25, 0.3) is 0 Å². The van der Waals surface area contributed by atoms with Crippen molar-refractivity contribution in [2.45, 2.75) is 17.9 Å². The number of aromatic nitrogens is 1. The standard InChI is InChI=1S/C36H32N2O3/c1-38-20-19-36(41-24-38,31-15-8-13-25-10-6-7-14-29(25)31)34(26-11-4-3-5-12-26)30-23-28-22-27(33-16-9-21-40-33)17-18-32(28)37-35(30)39-2/h3-18,21-23,34H,19-20,24H2,1-2H3/t34-,36+/m1/s1. The first-order valence-corrected chi connectivity index (χ1v) is 14.0. The van der Waals surface area contributed by atoms with E-state index in [2.05, 4.69) is 96.9 Å². The molecule has 0 N–H and O–H groups in total. The van der Waals surface area contributed by atoms with Gasteiger partial charge in [0.15, 0.2) is 0 Å². The van der Waals surface area contributed by atoms with E-state index in [1.165, 1.54) is 16.3 Å². The van der Waals surface area contributed by atoms with Crippen LogP contribution < -0.4 is 4.74 Å². The van der Waals surface area contributed by atoms with Gasteiger partial charge in [0.05, 0.1) is 18.9 Å². The molecule has 3 heterocycles. The predicted molar refractivity (Wildman–Crippen MR) is 163 cm³/mol. The average molecular weight is 541 g/mol. The fraction of sp³-hybridized carbons (Fsp3) is 0.194. The number of benzene rings is 4. The lowest BCUT2D eigenvalue weighted by Crippen LogP contribution is -2.47. The maximum absolute atomic E-state index is 7.06. The summed E-state index contributed by atoms with van der Waals surface area (Å²) >= 11 is 0. The lowest BCUT2D eigenvalue weighted by molar-refractivity contribution is -0.145. The molecule has 1 aliphatic rings. The van der Waals surface area contributed by atoms with Crippen LogP contribution in [0.25, 0.3) is 33.0 Å². The summed E-state index contributed by atoms with van der Waals surface area (Å²) in [5.74, 6) is 1.26. The van der Waals surface area contributed by atoms with Crippen LogP contribution in [0.2, 0.25) is 0 Å². The predicted octanol–water partition coefficient (Wildman–Crippen LogP) is 7.99. The zero-order valence-corrected chi connectivity index (χ0v) is 23.3. The number of hydrogen-bond acceptors (Lipinski definition) is 5. The molecule has 0 bridgehead atoms. The summed E-state index contributed by atoms with van der Waals surface area (Å²) in [5.41, 5.74) is 4.57. The van der Waals surface area contributed by atoms with Crippen molar-refractivity contribution in [2.24, 2.45) is 0 Å². The Kier molecular flexibility index (Phi) is 6.54. The van der Waals surface area contributed by atoms with Crippen LogP contribution >= 0.6 is 0 Å². The number of rotatable bonds is 6. The first-order valence-electron chi connectivity index (χ1n) is 14.0. The van der Waals surface area contributed by atoms with Crippen LogP contribution in [0.15, 0.2) is 120 Å². The van der Waals surface area contributed by atoms with Gasteiger partial charge in [-0.2, -0.15) is 0 Å². The molecule has 1 aliphatic heterocycles. The van der Waals surface area contributed by atoms with Gasteiger partial charge < -0.3 is 13.9 Å². The topological polar surface area (TPSA) is 47.7 Å². The van der Waals surface area contributed by atoms with Gasteiger partial charge in [-0.1, -0.05) is 72.8 Å². The molecule has 0 aliphatic carbocycles. The van der Waals surface area contributed by atoms with Gasteiger partial charge in [-0.05, 0) is 71.8 Å². The smallest absolute Gasteiger partial charge is 0.217 e. The molecule has 2 aromatic heterocycles. The second kappa shape index (κ2) is 10.5. The van der Waals surface area contributed by atoms with E-state index in [1.54, 1.807) is 13.4 Å². The molecule has 6 aromatic rings. The van der Waals surface area contributed by atoms with E-state index in [0.29, 0.717) is 12.6 Å². The molecule has 0 saturated carbocycles. The van der Waals surface area contributed by atoms with Gasteiger partial charge in [-0.25, -0.2) is 4.98 Å². The lowest BCUT2D eigenvalue weighted by Gasteiger charge is -2.47. The van der Waals surface area contributed by atoms with Crippen LogP contribution in [0.5, 0.6) is 5.88 Å². The third-order valence-corrected chi connectivity index (χ3v) is 8.37. The Hall–Kier alpha value is -4.45. The Morgan fingerprint density at radius 2 is 1.68 bits per heavy atom. The molecule has 1 fully saturated rings. The monoisotopic (exact) mass is 540 g/mol. The number of furan rings is 1. The van der Waals surface area contributed by atoms with E-state index in [4.69, 9.17) is 18.9 Å². The molecule has 204 valence electrons. The van der Waals surface area contributed by atoms with E-state index in [0.717, 1.165) is 46.3 Å². The van der Waals surface area contributed by atoms with Crippen molar-refractivity contribution in [3.63, 3.8) is 0 Å². The van der Waals surface area contributed by atoms with Gasteiger partial charge in [-0.3, -0.25) is 4.90 Å². The molecule has 2 atom stereocenters. The maximum atomic E-state index is 7.06. The number of ether oxygens (including phenoxy) is 2. The van der Waals surface area contributed by atoms with E-state index in [1.807, 2.05) is 24.3 Å². The van der Waals surface area contributed by atoms with Crippen LogP contribution in [0.3, 0.4) is 0 Å². The molecule has 7 rings (SSSR count). The summed E-state index contributed by atoms with van der Waals surface area (Å²) in [5, 5.41) is 3.43. The van der Waals surface area contributed by atoms with Crippen molar-refractivity contribution in [1.29, 1.82) is 0 Å². The van der Waals surface area contributed by atoms with Crippen molar-refractivity contribution in [2.75, 3.05) is 27.4 Å². The summed E-state index contributed by atoms with van der Waals surface area (Å²) in [7, 11) is 3.82. The summed E-state index contributed by atoms with van der Waals surface area (Å²) in [6, 6.07) is 38.1. The molecular weight excluding hydrogens is 508 g/mol. The number of fused-ring (bicyclic) bond motifs is 2. The highest BCUT2D eigenvalue weighted by Crippen LogP contribution is 2.52. The molecular formula is C36H32N2O3. The quantitative estimate of drug-likeness (QED) is 0.214. The van der Waals surface area contributed by atoms with Crippen LogP contribution in [0.4, 0.5) is 0 Å². The van der Waals surface area contributed by atoms with Crippen LogP contribution in [0.1, 0.15) is 29.0 Å². The molecule has 4 aromatic carbocycles. The van der Waals surface area contributed by atoms with Crippen LogP contribution in [-0.2, 0) is 10.3 Å². The Balaban J connectivity index is 1.52. The molecule has 0 unspecified atom stereocenters. The summed E-state index contributed by atoms with van der Waals surface area (Å²) < 4.78 is 18.8. The third kappa shape index (κ3) is 4.48. The summed E-state index contributed by atoms with van der Waals surface area (Å²) in [6.45, 7) is 1.43. The van der Waals surface area contributed by atoms with Gasteiger partial charge in [0.2, 0.25) is 5.88 Å². The van der Waals surface area contributed by atoms with Gasteiger partial charge >= 0.3 is 0 Å².